The molecule has 0 bridgehead atoms. The number of allylic oxidation sites excluding steroid dienone is 1. The van der Waals surface area contributed by atoms with Gasteiger partial charge in [-0.3, -0.25) is 9.36 Å². The molecule has 0 spiro atoms. The third kappa shape index (κ3) is 4.32. The summed E-state index contributed by atoms with van der Waals surface area (Å²) in [6, 6.07) is 1.86. The molecule has 2 aromatic rings. The minimum Gasteiger partial charge on any atom is -0.469 e. The van der Waals surface area contributed by atoms with Gasteiger partial charge in [-0.1, -0.05) is 17.8 Å². The predicted molar refractivity (Wildman–Crippen MR) is 95.4 cm³/mol. The molecular formula is C17H22N4O3S. The molecule has 1 fully saturated rings. The molecule has 0 aliphatic carbocycles. The van der Waals surface area contributed by atoms with Crippen molar-refractivity contribution in [2.45, 2.75) is 37.6 Å². The smallest absolute Gasteiger partial charge is 0.230 e. The van der Waals surface area contributed by atoms with Crippen LogP contribution in [0.15, 0.2) is 34.6 Å². The van der Waals surface area contributed by atoms with Crippen molar-refractivity contribution in [3.8, 4) is 11.4 Å². The second kappa shape index (κ2) is 8.35. The number of amides is 1. The van der Waals surface area contributed by atoms with Crippen LogP contribution in [-0.2, 0) is 16.1 Å². The largest absolute Gasteiger partial charge is 0.469 e. The summed E-state index contributed by atoms with van der Waals surface area (Å²) in [5, 5.41) is 12.1. The molecule has 1 N–H and O–H groups in total. The summed E-state index contributed by atoms with van der Waals surface area (Å²) in [4.78, 5) is 12.1. The lowest BCUT2D eigenvalue weighted by atomic mass is 10.2. The Bertz CT molecular complexity index is 734. The Morgan fingerprint density at radius 1 is 1.56 bits per heavy atom. The lowest BCUT2D eigenvalue weighted by molar-refractivity contribution is -0.119. The number of furan rings is 1. The monoisotopic (exact) mass is 362 g/mol. The average molecular weight is 362 g/mol. The van der Waals surface area contributed by atoms with E-state index >= 15 is 0 Å². The average Bonchev–Trinajstić information content (AvgIpc) is 3.33. The summed E-state index contributed by atoms with van der Waals surface area (Å²) in [7, 11) is 0. The van der Waals surface area contributed by atoms with Crippen LogP contribution >= 0.6 is 11.8 Å². The molecule has 0 aromatic carbocycles. The highest BCUT2D eigenvalue weighted by atomic mass is 32.2. The first kappa shape index (κ1) is 17.8. The highest BCUT2D eigenvalue weighted by molar-refractivity contribution is 7.99. The molecule has 1 saturated heterocycles. The maximum atomic E-state index is 12.1. The molecule has 0 saturated carbocycles. The molecular weight excluding hydrogens is 340 g/mol. The molecule has 1 aliphatic heterocycles. The van der Waals surface area contributed by atoms with Crippen molar-refractivity contribution in [1.29, 1.82) is 0 Å². The van der Waals surface area contributed by atoms with Crippen LogP contribution in [0, 0.1) is 6.92 Å². The number of aromatic nitrogens is 3. The highest BCUT2D eigenvalue weighted by Gasteiger charge is 2.19. The van der Waals surface area contributed by atoms with E-state index in [4.69, 9.17) is 9.15 Å². The van der Waals surface area contributed by atoms with Gasteiger partial charge in [0.1, 0.15) is 5.76 Å². The number of ether oxygens (including phenoxy) is 1. The first-order valence-electron chi connectivity index (χ1n) is 8.28. The van der Waals surface area contributed by atoms with Crippen LogP contribution in [-0.4, -0.2) is 45.7 Å². The standard InChI is InChI=1S/C17H22N4O3S/c1-3-7-21-16(14-6-9-23-12(14)2)19-20-17(21)25-11-15(22)18-10-13-5-4-8-24-13/h3,6,9,13H,1,4-5,7-8,10-11H2,2H3,(H,18,22). The zero-order valence-corrected chi connectivity index (χ0v) is 15.1. The van der Waals surface area contributed by atoms with Crippen LogP contribution in [0.25, 0.3) is 11.4 Å². The molecule has 1 amide bonds. The summed E-state index contributed by atoms with van der Waals surface area (Å²) in [6.07, 6.45) is 5.63. The molecule has 1 unspecified atom stereocenters. The minimum absolute atomic E-state index is 0.0327. The Kier molecular flexibility index (Phi) is 5.93. The van der Waals surface area contributed by atoms with Gasteiger partial charge in [0.05, 0.1) is 23.7 Å². The number of carbonyl (C=O) groups is 1. The van der Waals surface area contributed by atoms with Crippen molar-refractivity contribution in [3.63, 3.8) is 0 Å². The fourth-order valence-corrected chi connectivity index (χ4v) is 3.50. The number of thioether (sulfide) groups is 1. The molecule has 25 heavy (non-hydrogen) atoms. The van der Waals surface area contributed by atoms with E-state index in [-0.39, 0.29) is 17.8 Å². The quantitative estimate of drug-likeness (QED) is 0.574. The summed E-state index contributed by atoms with van der Waals surface area (Å²) >= 11 is 1.36. The molecule has 134 valence electrons. The summed E-state index contributed by atoms with van der Waals surface area (Å²) in [5.74, 6) is 1.75. The van der Waals surface area contributed by atoms with Crippen molar-refractivity contribution < 1.29 is 13.9 Å². The Balaban J connectivity index is 1.61. The van der Waals surface area contributed by atoms with Crippen molar-refractivity contribution in [2.24, 2.45) is 0 Å². The van der Waals surface area contributed by atoms with E-state index < -0.39 is 0 Å². The van der Waals surface area contributed by atoms with Gasteiger partial charge in [-0.2, -0.15) is 0 Å². The third-order valence-corrected chi connectivity index (χ3v) is 4.98. The van der Waals surface area contributed by atoms with Crippen molar-refractivity contribution >= 4 is 17.7 Å². The summed E-state index contributed by atoms with van der Waals surface area (Å²) in [5.41, 5.74) is 0.893. The zero-order chi connectivity index (χ0) is 17.6. The van der Waals surface area contributed by atoms with Gasteiger partial charge in [0.25, 0.3) is 0 Å². The molecule has 3 rings (SSSR count). The van der Waals surface area contributed by atoms with Gasteiger partial charge in [0.2, 0.25) is 5.91 Å². The second-order valence-electron chi connectivity index (χ2n) is 5.82. The van der Waals surface area contributed by atoms with Crippen LogP contribution in [0.3, 0.4) is 0 Å². The van der Waals surface area contributed by atoms with Crippen molar-refractivity contribution in [3.05, 3.63) is 30.7 Å². The van der Waals surface area contributed by atoms with Crippen LogP contribution in [0.4, 0.5) is 0 Å². The van der Waals surface area contributed by atoms with E-state index in [0.717, 1.165) is 30.8 Å². The Hall–Kier alpha value is -2.06. The number of hydrogen-bond acceptors (Lipinski definition) is 6. The molecule has 3 heterocycles. The Labute approximate surface area is 150 Å². The first-order valence-corrected chi connectivity index (χ1v) is 9.27. The van der Waals surface area contributed by atoms with Gasteiger partial charge in [-0.05, 0) is 25.8 Å². The van der Waals surface area contributed by atoms with Gasteiger partial charge >= 0.3 is 0 Å². The Morgan fingerprint density at radius 2 is 2.44 bits per heavy atom. The van der Waals surface area contributed by atoms with E-state index in [1.807, 2.05) is 17.6 Å². The lowest BCUT2D eigenvalue weighted by Crippen LogP contribution is -2.32. The predicted octanol–water partition coefficient (Wildman–Crippen LogP) is 2.42. The van der Waals surface area contributed by atoms with Gasteiger partial charge < -0.3 is 14.5 Å². The van der Waals surface area contributed by atoms with E-state index in [1.165, 1.54) is 11.8 Å². The van der Waals surface area contributed by atoms with Gasteiger partial charge in [-0.15, -0.1) is 16.8 Å². The number of rotatable bonds is 8. The highest BCUT2D eigenvalue weighted by Crippen LogP contribution is 2.27. The maximum Gasteiger partial charge on any atom is 0.230 e. The fourth-order valence-electron chi connectivity index (χ4n) is 2.72. The van der Waals surface area contributed by atoms with Crippen LogP contribution < -0.4 is 5.32 Å². The maximum absolute atomic E-state index is 12.1. The van der Waals surface area contributed by atoms with Crippen LogP contribution in [0.1, 0.15) is 18.6 Å². The van der Waals surface area contributed by atoms with Gasteiger partial charge in [0, 0.05) is 19.7 Å². The topological polar surface area (TPSA) is 82.2 Å². The molecule has 2 aromatic heterocycles. The summed E-state index contributed by atoms with van der Waals surface area (Å²) < 4.78 is 12.8. The molecule has 8 heteroatoms. The van der Waals surface area contributed by atoms with E-state index in [0.29, 0.717) is 24.1 Å². The van der Waals surface area contributed by atoms with Crippen LogP contribution in [0.5, 0.6) is 0 Å². The minimum atomic E-state index is -0.0327. The van der Waals surface area contributed by atoms with Gasteiger partial charge in [0.15, 0.2) is 11.0 Å². The van der Waals surface area contributed by atoms with Crippen molar-refractivity contribution in [2.75, 3.05) is 18.9 Å². The van der Waals surface area contributed by atoms with Crippen molar-refractivity contribution in [1.82, 2.24) is 20.1 Å². The Morgan fingerprint density at radius 3 is 3.12 bits per heavy atom. The molecule has 1 atom stereocenters. The molecule has 0 radical (unpaired) electrons. The summed E-state index contributed by atoms with van der Waals surface area (Å²) in [6.45, 7) is 7.59. The molecule has 7 nitrogen and oxygen atoms in total. The van der Waals surface area contributed by atoms with E-state index in [9.17, 15) is 4.79 Å². The third-order valence-electron chi connectivity index (χ3n) is 4.01. The van der Waals surface area contributed by atoms with Gasteiger partial charge in [-0.25, -0.2) is 0 Å². The lowest BCUT2D eigenvalue weighted by Gasteiger charge is -2.11. The first-order chi connectivity index (χ1) is 12.2. The number of nitrogens with one attached hydrogen (secondary N) is 1. The van der Waals surface area contributed by atoms with Crippen LogP contribution in [0.2, 0.25) is 0 Å². The zero-order valence-electron chi connectivity index (χ0n) is 14.2. The normalized spacial score (nSPS) is 16.9. The van der Waals surface area contributed by atoms with E-state index in [2.05, 4.69) is 22.1 Å². The fraction of sp³-hybridized carbons (Fsp3) is 0.471. The second-order valence-corrected chi connectivity index (χ2v) is 6.77. The number of carbonyl (C=O) groups excluding carboxylic acids is 1. The number of aryl methyl sites for hydroxylation is 1. The van der Waals surface area contributed by atoms with E-state index in [1.54, 1.807) is 12.3 Å². The SMILES string of the molecule is C=CCn1c(SCC(=O)NCC2CCCO2)nnc1-c1ccoc1C. The number of hydrogen-bond donors (Lipinski definition) is 1. The number of nitrogens with zero attached hydrogens (tertiary/aromatic N) is 3. The molecule has 1 aliphatic rings.